The van der Waals surface area contributed by atoms with Gasteiger partial charge in [0.15, 0.2) is 0 Å². The Bertz CT molecular complexity index is 777. The quantitative estimate of drug-likeness (QED) is 0.771. The number of thioether (sulfide) groups is 1. The Morgan fingerprint density at radius 3 is 2.52 bits per heavy atom. The van der Waals surface area contributed by atoms with Gasteiger partial charge in [-0.1, -0.05) is 30.3 Å². The number of carbonyl (C=O) groups excluding carboxylic acids is 2. The monoisotopic (exact) mass is 384 g/mol. The van der Waals surface area contributed by atoms with Crippen LogP contribution in [0.15, 0.2) is 53.7 Å². The summed E-state index contributed by atoms with van der Waals surface area (Å²) < 4.78 is 0. The van der Waals surface area contributed by atoms with E-state index in [1.165, 1.54) is 11.8 Å². The van der Waals surface area contributed by atoms with Crippen molar-refractivity contribution in [1.29, 1.82) is 0 Å². The van der Waals surface area contributed by atoms with Crippen molar-refractivity contribution in [2.75, 3.05) is 39.0 Å². The lowest BCUT2D eigenvalue weighted by Gasteiger charge is -2.34. The smallest absolute Gasteiger partial charge is 0.256 e. The summed E-state index contributed by atoms with van der Waals surface area (Å²) >= 11 is 1.48. The number of aromatic nitrogens is 1. The molecule has 0 saturated carbocycles. The van der Waals surface area contributed by atoms with Crippen molar-refractivity contribution in [2.45, 2.75) is 11.6 Å². The number of hydrogen-bond donors (Lipinski definition) is 1. The molecule has 0 unspecified atom stereocenters. The Balaban J connectivity index is 1.46. The summed E-state index contributed by atoms with van der Waals surface area (Å²) in [7, 11) is 0. The van der Waals surface area contributed by atoms with Crippen LogP contribution >= 0.6 is 11.8 Å². The highest BCUT2D eigenvalue weighted by molar-refractivity contribution is 7.98. The van der Waals surface area contributed by atoms with Crippen LogP contribution in [0.25, 0.3) is 0 Å². The van der Waals surface area contributed by atoms with Crippen LogP contribution in [0.3, 0.4) is 0 Å². The highest BCUT2D eigenvalue weighted by Gasteiger charge is 2.24. The maximum Gasteiger partial charge on any atom is 0.256 e. The maximum atomic E-state index is 12.7. The molecule has 0 bridgehead atoms. The minimum atomic E-state index is 0.00978. The summed E-state index contributed by atoms with van der Waals surface area (Å²) in [6.07, 6.45) is 3.62. The van der Waals surface area contributed by atoms with Gasteiger partial charge in [-0.15, -0.1) is 11.8 Å². The van der Waals surface area contributed by atoms with Crippen molar-refractivity contribution in [3.8, 4) is 0 Å². The van der Waals surface area contributed by atoms with Crippen molar-refractivity contribution < 1.29 is 9.59 Å². The highest BCUT2D eigenvalue weighted by atomic mass is 32.2. The first-order chi connectivity index (χ1) is 13.2. The first-order valence-electron chi connectivity index (χ1n) is 8.98. The van der Waals surface area contributed by atoms with Gasteiger partial charge in [0.25, 0.3) is 5.91 Å². The third kappa shape index (κ3) is 5.30. The molecule has 0 atom stereocenters. The van der Waals surface area contributed by atoms with Crippen LogP contribution < -0.4 is 5.32 Å². The van der Waals surface area contributed by atoms with Crippen LogP contribution in [0.4, 0.5) is 0 Å². The number of hydrogen-bond acceptors (Lipinski definition) is 5. The highest BCUT2D eigenvalue weighted by Crippen LogP contribution is 2.19. The minimum absolute atomic E-state index is 0.00978. The molecule has 1 fully saturated rings. The average Bonchev–Trinajstić information content (AvgIpc) is 2.73. The van der Waals surface area contributed by atoms with Crippen molar-refractivity contribution >= 4 is 23.6 Å². The van der Waals surface area contributed by atoms with Gasteiger partial charge in [-0.3, -0.25) is 14.5 Å². The molecule has 142 valence electrons. The molecule has 0 radical (unpaired) electrons. The van der Waals surface area contributed by atoms with Crippen LogP contribution in [0.5, 0.6) is 0 Å². The molecule has 2 heterocycles. The first kappa shape index (κ1) is 19.4. The van der Waals surface area contributed by atoms with Crippen LogP contribution in [0.1, 0.15) is 15.9 Å². The predicted octanol–water partition coefficient (Wildman–Crippen LogP) is 1.88. The predicted molar refractivity (Wildman–Crippen MR) is 107 cm³/mol. The Morgan fingerprint density at radius 2 is 1.81 bits per heavy atom. The second kappa shape index (κ2) is 9.53. The number of piperazine rings is 1. The number of pyridine rings is 1. The summed E-state index contributed by atoms with van der Waals surface area (Å²) in [6, 6.07) is 13.5. The molecule has 1 aliphatic heterocycles. The molecule has 1 N–H and O–H groups in total. The molecule has 0 aliphatic carbocycles. The van der Waals surface area contributed by atoms with E-state index in [2.05, 4.69) is 15.2 Å². The van der Waals surface area contributed by atoms with Gasteiger partial charge in [0.2, 0.25) is 5.91 Å². The molecule has 0 spiro atoms. The number of benzene rings is 1. The molecule has 3 rings (SSSR count). The van der Waals surface area contributed by atoms with E-state index in [4.69, 9.17) is 0 Å². The van der Waals surface area contributed by atoms with E-state index < -0.39 is 0 Å². The fourth-order valence-corrected chi connectivity index (χ4v) is 3.59. The van der Waals surface area contributed by atoms with E-state index in [0.29, 0.717) is 44.8 Å². The van der Waals surface area contributed by atoms with E-state index in [1.807, 2.05) is 47.6 Å². The number of carbonyl (C=O) groups is 2. The van der Waals surface area contributed by atoms with Gasteiger partial charge in [-0.25, -0.2) is 4.98 Å². The lowest BCUT2D eigenvalue weighted by molar-refractivity contribution is -0.122. The van der Waals surface area contributed by atoms with Crippen molar-refractivity contribution in [2.24, 2.45) is 0 Å². The molecular weight excluding hydrogens is 360 g/mol. The maximum absolute atomic E-state index is 12.7. The fourth-order valence-electron chi connectivity index (χ4n) is 3.05. The molecule has 6 nitrogen and oxygen atoms in total. The summed E-state index contributed by atoms with van der Waals surface area (Å²) in [5.74, 6) is 0.0242. The Hall–Kier alpha value is -2.38. The molecule has 2 aromatic rings. The number of nitrogens with zero attached hydrogens (tertiary/aromatic N) is 3. The van der Waals surface area contributed by atoms with Crippen molar-refractivity contribution in [3.63, 3.8) is 0 Å². The number of rotatable bonds is 6. The van der Waals surface area contributed by atoms with Crippen LogP contribution in [-0.4, -0.2) is 65.6 Å². The van der Waals surface area contributed by atoms with E-state index >= 15 is 0 Å². The van der Waals surface area contributed by atoms with Crippen LogP contribution in [0.2, 0.25) is 0 Å². The molecule has 1 aromatic heterocycles. The van der Waals surface area contributed by atoms with Gasteiger partial charge in [-0.2, -0.15) is 0 Å². The van der Waals surface area contributed by atoms with Gasteiger partial charge < -0.3 is 10.2 Å². The van der Waals surface area contributed by atoms with E-state index in [1.54, 1.807) is 12.3 Å². The molecule has 1 saturated heterocycles. The van der Waals surface area contributed by atoms with Gasteiger partial charge >= 0.3 is 0 Å². The Labute approximate surface area is 164 Å². The van der Waals surface area contributed by atoms with Crippen LogP contribution in [-0.2, 0) is 11.3 Å². The van der Waals surface area contributed by atoms with Gasteiger partial charge in [0, 0.05) is 38.9 Å². The SMILES string of the molecule is CSc1ncccc1C(=O)N1CCN(CC(=O)NCc2ccccc2)CC1. The summed E-state index contributed by atoms with van der Waals surface area (Å²) in [6.45, 7) is 3.52. The third-order valence-corrected chi connectivity index (χ3v) is 5.27. The Kier molecular flexibility index (Phi) is 6.84. The largest absolute Gasteiger partial charge is 0.351 e. The molecule has 1 aliphatic rings. The molecule has 1 aromatic carbocycles. The van der Waals surface area contributed by atoms with Gasteiger partial charge in [0.1, 0.15) is 5.03 Å². The summed E-state index contributed by atoms with van der Waals surface area (Å²) in [4.78, 5) is 33.1. The fraction of sp³-hybridized carbons (Fsp3) is 0.350. The van der Waals surface area contributed by atoms with Crippen molar-refractivity contribution in [1.82, 2.24) is 20.1 Å². The number of nitrogens with one attached hydrogen (secondary N) is 1. The second-order valence-electron chi connectivity index (χ2n) is 6.39. The summed E-state index contributed by atoms with van der Waals surface area (Å²) in [5.41, 5.74) is 1.74. The van der Waals surface area contributed by atoms with Crippen molar-refractivity contribution in [3.05, 3.63) is 59.8 Å². The lowest BCUT2D eigenvalue weighted by Crippen LogP contribution is -2.51. The van der Waals surface area contributed by atoms with Crippen LogP contribution in [0, 0.1) is 0 Å². The lowest BCUT2D eigenvalue weighted by atomic mass is 10.2. The van der Waals surface area contributed by atoms with E-state index in [0.717, 1.165) is 10.6 Å². The summed E-state index contributed by atoms with van der Waals surface area (Å²) in [5, 5.41) is 3.70. The molecule has 27 heavy (non-hydrogen) atoms. The number of amides is 2. The average molecular weight is 385 g/mol. The zero-order valence-electron chi connectivity index (χ0n) is 15.4. The van der Waals surface area contributed by atoms with E-state index in [-0.39, 0.29) is 11.8 Å². The molecule has 2 amide bonds. The second-order valence-corrected chi connectivity index (χ2v) is 7.19. The minimum Gasteiger partial charge on any atom is -0.351 e. The van der Waals surface area contributed by atoms with Gasteiger partial charge in [0.05, 0.1) is 12.1 Å². The molecule has 7 heteroatoms. The van der Waals surface area contributed by atoms with E-state index in [9.17, 15) is 9.59 Å². The third-order valence-electron chi connectivity index (χ3n) is 4.55. The normalized spacial score (nSPS) is 14.8. The standard InChI is InChI=1S/C20H24N4O2S/c1-27-19-17(8-5-9-21-19)20(26)24-12-10-23(11-13-24)15-18(25)22-14-16-6-3-2-4-7-16/h2-9H,10-15H2,1H3,(H,22,25). The zero-order valence-corrected chi connectivity index (χ0v) is 16.2. The Morgan fingerprint density at radius 1 is 1.07 bits per heavy atom. The molecular formula is C20H24N4O2S. The topological polar surface area (TPSA) is 65.5 Å². The van der Waals surface area contributed by atoms with Gasteiger partial charge in [-0.05, 0) is 24.0 Å². The zero-order chi connectivity index (χ0) is 19.1. The first-order valence-corrected chi connectivity index (χ1v) is 10.2.